The number of para-hydroxylation sites is 3. The van der Waals surface area contributed by atoms with E-state index in [1.165, 1.54) is 5.39 Å². The van der Waals surface area contributed by atoms with Crippen molar-refractivity contribution in [1.82, 2.24) is 4.57 Å². The maximum atomic E-state index is 6.78. The summed E-state index contributed by atoms with van der Waals surface area (Å²) in [4.78, 5) is 0. The van der Waals surface area contributed by atoms with Crippen LogP contribution in [0.5, 0.6) is 0 Å². The topological polar surface area (TPSA) is 46.2 Å². The van der Waals surface area contributed by atoms with Gasteiger partial charge in [-0.05, 0) is 36.4 Å². The average molecular weight is 349 g/mol. The van der Waals surface area contributed by atoms with Crippen molar-refractivity contribution >= 4 is 50.6 Å². The second-order valence-corrected chi connectivity index (χ2v) is 6.72. The number of nitrogens with one attached hydrogen (secondary N) is 1. The predicted octanol–water partition coefficient (Wildman–Crippen LogP) is 4.96. The van der Waals surface area contributed by atoms with Crippen molar-refractivity contribution in [2.75, 3.05) is 22.0 Å². The molecule has 0 fully saturated rings. The van der Waals surface area contributed by atoms with Crippen LogP contribution in [0.3, 0.4) is 0 Å². The van der Waals surface area contributed by atoms with Crippen LogP contribution in [0, 0.1) is 0 Å². The quantitative estimate of drug-likeness (QED) is 0.377. The van der Waals surface area contributed by atoms with E-state index in [1.807, 2.05) is 40.8 Å². The van der Waals surface area contributed by atoms with Gasteiger partial charge in [-0.3, -0.25) is 4.42 Å². The number of benzene rings is 3. The Kier molecular flexibility index (Phi) is 3.09. The molecule has 4 aromatic rings. The number of anilines is 3. The molecule has 5 rings (SSSR count). The normalized spacial score (nSPS) is 16.8. The van der Waals surface area contributed by atoms with Gasteiger partial charge in [0.1, 0.15) is 6.17 Å². The minimum atomic E-state index is -0.0393. The summed E-state index contributed by atoms with van der Waals surface area (Å²) in [6.07, 6.45) is -0.0393. The molecule has 0 bridgehead atoms. The molecule has 0 saturated carbocycles. The molecular weight excluding hydrogens is 332 g/mol. The van der Waals surface area contributed by atoms with Gasteiger partial charge in [0, 0.05) is 28.2 Å². The maximum absolute atomic E-state index is 6.78. The van der Waals surface area contributed by atoms with Crippen molar-refractivity contribution in [3.63, 3.8) is 0 Å². The van der Waals surface area contributed by atoms with Gasteiger partial charge in [0.05, 0.1) is 29.0 Å². The lowest BCUT2D eigenvalue weighted by atomic mass is 10.1. The number of hydrogen-bond donors (Lipinski definition) is 2. The first-order valence-electron chi connectivity index (χ1n) is 8.30. The van der Waals surface area contributed by atoms with E-state index in [9.17, 15) is 0 Å². The Balaban J connectivity index is 1.78. The van der Waals surface area contributed by atoms with Crippen LogP contribution >= 0.6 is 11.8 Å². The van der Waals surface area contributed by atoms with Gasteiger partial charge >= 0.3 is 0 Å². The molecule has 0 amide bonds. The molecule has 1 aliphatic heterocycles. The molecule has 4 nitrogen and oxygen atoms in total. The Morgan fingerprint density at radius 1 is 0.920 bits per heavy atom. The lowest BCUT2D eigenvalue weighted by Gasteiger charge is -2.35. The Bertz CT molecular complexity index is 1100. The molecule has 25 heavy (non-hydrogen) atoms. The second-order valence-electron chi connectivity index (χ2n) is 6.35. The Morgan fingerprint density at radius 2 is 1.68 bits per heavy atom. The van der Waals surface area contributed by atoms with Crippen LogP contribution in [-0.4, -0.2) is 11.1 Å². The number of nitrogen functional groups attached to an aromatic ring is 1. The third kappa shape index (κ3) is 2.07. The molecule has 2 heterocycles. The Morgan fingerprint density at radius 3 is 2.60 bits per heavy atom. The van der Waals surface area contributed by atoms with E-state index >= 15 is 0 Å². The van der Waals surface area contributed by atoms with Crippen LogP contribution in [0.4, 0.5) is 17.1 Å². The first kappa shape index (κ1) is 14.5. The average Bonchev–Trinajstić information content (AvgIpc) is 2.96. The molecular formula is C20H17ClN4. The molecule has 1 aromatic heterocycles. The number of halogens is 1. The van der Waals surface area contributed by atoms with E-state index in [0.29, 0.717) is 0 Å². The van der Waals surface area contributed by atoms with Gasteiger partial charge in [-0.1, -0.05) is 30.3 Å². The van der Waals surface area contributed by atoms with Crippen LogP contribution in [0.25, 0.3) is 21.8 Å². The van der Waals surface area contributed by atoms with E-state index in [-0.39, 0.29) is 6.17 Å². The molecule has 0 saturated heterocycles. The van der Waals surface area contributed by atoms with Crippen LogP contribution in [0.15, 0.2) is 66.7 Å². The summed E-state index contributed by atoms with van der Waals surface area (Å²) in [5, 5.41) is 5.84. The first-order chi connectivity index (χ1) is 12.2. The van der Waals surface area contributed by atoms with Crippen LogP contribution in [-0.2, 0) is 0 Å². The van der Waals surface area contributed by atoms with Crippen molar-refractivity contribution in [2.45, 2.75) is 6.17 Å². The summed E-state index contributed by atoms with van der Waals surface area (Å²) >= 11 is 6.78. The summed E-state index contributed by atoms with van der Waals surface area (Å²) in [6, 6.07) is 22.6. The standard InChI is InChI=1S/C20H17ClN4/c21-25-19-8-4-2-6-16(19)23-12-20(25)24-17-7-3-1-5-14(17)15-11-13(22)9-10-18(15)24/h1-11,20,23H,12,22H2. The van der Waals surface area contributed by atoms with Crippen LogP contribution in [0.1, 0.15) is 6.17 Å². The van der Waals surface area contributed by atoms with E-state index < -0.39 is 0 Å². The highest BCUT2D eigenvalue weighted by Crippen LogP contribution is 2.40. The fraction of sp³-hybridized carbons (Fsp3) is 0.100. The van der Waals surface area contributed by atoms with E-state index in [0.717, 1.165) is 40.0 Å². The first-order valence-corrected chi connectivity index (χ1v) is 8.64. The van der Waals surface area contributed by atoms with Gasteiger partial charge in [-0.2, -0.15) is 0 Å². The SMILES string of the molecule is Nc1ccc2c(c1)c1ccccc1n2C1CNc2ccccc2N1Cl. The molecule has 5 heteroatoms. The van der Waals surface area contributed by atoms with Gasteiger partial charge in [-0.25, -0.2) is 0 Å². The van der Waals surface area contributed by atoms with Gasteiger partial charge in [-0.15, -0.1) is 0 Å². The monoisotopic (exact) mass is 348 g/mol. The van der Waals surface area contributed by atoms with Crippen molar-refractivity contribution in [3.8, 4) is 0 Å². The Hall–Kier alpha value is -2.85. The fourth-order valence-electron chi connectivity index (χ4n) is 3.79. The lowest BCUT2D eigenvalue weighted by Crippen LogP contribution is -2.35. The molecule has 1 atom stereocenters. The molecule has 0 spiro atoms. The zero-order valence-electron chi connectivity index (χ0n) is 13.5. The third-order valence-electron chi connectivity index (χ3n) is 4.90. The van der Waals surface area contributed by atoms with Crippen molar-refractivity contribution in [1.29, 1.82) is 0 Å². The van der Waals surface area contributed by atoms with Crippen molar-refractivity contribution in [3.05, 3.63) is 66.7 Å². The number of fused-ring (bicyclic) bond motifs is 4. The minimum absolute atomic E-state index is 0.0393. The highest BCUT2D eigenvalue weighted by molar-refractivity contribution is 6.27. The van der Waals surface area contributed by atoms with Crippen molar-refractivity contribution in [2.24, 2.45) is 0 Å². The third-order valence-corrected chi connectivity index (χ3v) is 5.31. The van der Waals surface area contributed by atoms with Crippen molar-refractivity contribution < 1.29 is 0 Å². The Labute approximate surface area is 150 Å². The molecule has 0 aliphatic carbocycles. The summed E-state index contributed by atoms with van der Waals surface area (Å²) in [7, 11) is 0. The number of rotatable bonds is 1. The lowest BCUT2D eigenvalue weighted by molar-refractivity contribution is 0.574. The minimum Gasteiger partial charge on any atom is -0.399 e. The van der Waals surface area contributed by atoms with E-state index in [4.69, 9.17) is 17.5 Å². The summed E-state index contributed by atoms with van der Waals surface area (Å²) in [6.45, 7) is 0.721. The number of nitrogens with two attached hydrogens (primary N) is 1. The van der Waals surface area contributed by atoms with Gasteiger partial charge < -0.3 is 15.6 Å². The zero-order valence-corrected chi connectivity index (χ0v) is 14.2. The van der Waals surface area contributed by atoms with Gasteiger partial charge in [0.25, 0.3) is 0 Å². The summed E-state index contributed by atoms with van der Waals surface area (Å²) in [5.74, 6) is 0. The van der Waals surface area contributed by atoms with Crippen LogP contribution in [0.2, 0.25) is 0 Å². The fourth-order valence-corrected chi connectivity index (χ4v) is 4.09. The number of aromatic nitrogens is 1. The highest BCUT2D eigenvalue weighted by Gasteiger charge is 2.28. The van der Waals surface area contributed by atoms with Gasteiger partial charge in [0.2, 0.25) is 0 Å². The van der Waals surface area contributed by atoms with E-state index in [1.54, 1.807) is 0 Å². The molecule has 0 radical (unpaired) electrons. The maximum Gasteiger partial charge on any atom is 0.139 e. The number of hydrogen-bond acceptors (Lipinski definition) is 3. The molecule has 3 aromatic carbocycles. The zero-order chi connectivity index (χ0) is 17.0. The molecule has 1 unspecified atom stereocenters. The predicted molar refractivity (Wildman–Crippen MR) is 106 cm³/mol. The highest BCUT2D eigenvalue weighted by atomic mass is 35.5. The van der Waals surface area contributed by atoms with E-state index in [2.05, 4.69) is 40.2 Å². The molecule has 124 valence electrons. The van der Waals surface area contributed by atoms with Gasteiger partial charge in [0.15, 0.2) is 0 Å². The van der Waals surface area contributed by atoms with Crippen LogP contribution < -0.4 is 15.5 Å². The molecule has 3 N–H and O–H groups in total. The largest absolute Gasteiger partial charge is 0.399 e. The smallest absolute Gasteiger partial charge is 0.139 e. The molecule has 1 aliphatic rings. The summed E-state index contributed by atoms with van der Waals surface area (Å²) in [5.41, 5.74) is 11.1. The second kappa shape index (κ2) is 5.33. The summed E-state index contributed by atoms with van der Waals surface area (Å²) < 4.78 is 4.12. The number of nitrogens with zero attached hydrogens (tertiary/aromatic N) is 2.